The molecule has 2 aromatic rings. The van der Waals surface area contributed by atoms with Crippen molar-refractivity contribution in [2.45, 2.75) is 46.2 Å². The van der Waals surface area contributed by atoms with Crippen LogP contribution in [0.4, 0.5) is 0 Å². The van der Waals surface area contributed by atoms with Gasteiger partial charge in [0.05, 0.1) is 28.6 Å². The molecular formula is C15H24BrN5. The molecule has 1 N–H and O–H groups in total. The van der Waals surface area contributed by atoms with Gasteiger partial charge in [0.2, 0.25) is 0 Å². The number of hydrogen-bond acceptors (Lipinski definition) is 3. The summed E-state index contributed by atoms with van der Waals surface area (Å²) in [4.78, 5) is 0. The van der Waals surface area contributed by atoms with E-state index < -0.39 is 0 Å². The van der Waals surface area contributed by atoms with Gasteiger partial charge in [-0.15, -0.1) is 0 Å². The molecule has 0 aromatic carbocycles. The Labute approximate surface area is 134 Å². The van der Waals surface area contributed by atoms with Gasteiger partial charge in [0, 0.05) is 24.8 Å². The van der Waals surface area contributed by atoms with Crippen molar-refractivity contribution in [3.63, 3.8) is 0 Å². The summed E-state index contributed by atoms with van der Waals surface area (Å²) in [5.74, 6) is 0. The lowest BCUT2D eigenvalue weighted by atomic mass is 10.0. The molecule has 0 bridgehead atoms. The Morgan fingerprint density at radius 3 is 2.57 bits per heavy atom. The Morgan fingerprint density at radius 1 is 1.24 bits per heavy atom. The standard InChI is InChI=1S/C15H24BrN5/c1-5-7-17-14(12-9-18-20(4)11(12)3)15-13(16)10-19-21(15)8-6-2/h9-10,14,17H,5-8H2,1-4H3. The summed E-state index contributed by atoms with van der Waals surface area (Å²) in [5, 5.41) is 12.5. The molecule has 6 heteroatoms. The quantitative estimate of drug-likeness (QED) is 0.831. The Bertz CT molecular complexity index is 587. The third-order valence-corrected chi connectivity index (χ3v) is 4.34. The molecule has 2 aromatic heterocycles. The maximum absolute atomic E-state index is 4.50. The highest BCUT2D eigenvalue weighted by Crippen LogP contribution is 2.30. The number of halogens is 1. The SMILES string of the molecule is CCCNC(c1cnn(C)c1C)c1c(Br)cnn1CCC. The molecule has 0 saturated heterocycles. The largest absolute Gasteiger partial charge is 0.305 e. The van der Waals surface area contributed by atoms with E-state index >= 15 is 0 Å². The fraction of sp³-hybridized carbons (Fsp3) is 0.600. The van der Waals surface area contributed by atoms with Crippen molar-refractivity contribution < 1.29 is 0 Å². The van der Waals surface area contributed by atoms with E-state index in [1.165, 1.54) is 17.0 Å². The van der Waals surface area contributed by atoms with Crippen molar-refractivity contribution in [1.29, 1.82) is 0 Å². The number of aryl methyl sites for hydroxylation is 2. The summed E-state index contributed by atoms with van der Waals surface area (Å²) in [7, 11) is 1.98. The fourth-order valence-electron chi connectivity index (χ4n) is 2.49. The average molecular weight is 354 g/mol. The van der Waals surface area contributed by atoms with E-state index in [0.29, 0.717) is 0 Å². The van der Waals surface area contributed by atoms with Gasteiger partial charge in [-0.25, -0.2) is 0 Å². The molecule has 2 rings (SSSR count). The maximum Gasteiger partial charge on any atom is 0.0793 e. The van der Waals surface area contributed by atoms with E-state index in [2.05, 4.69) is 56.9 Å². The van der Waals surface area contributed by atoms with Gasteiger partial charge in [0.1, 0.15) is 0 Å². The first-order valence-electron chi connectivity index (χ1n) is 7.53. The Morgan fingerprint density at radius 2 is 2.00 bits per heavy atom. The summed E-state index contributed by atoms with van der Waals surface area (Å²) in [5.41, 5.74) is 3.57. The lowest BCUT2D eigenvalue weighted by molar-refractivity contribution is 0.508. The molecule has 1 unspecified atom stereocenters. The van der Waals surface area contributed by atoms with E-state index in [0.717, 1.165) is 30.4 Å². The highest BCUT2D eigenvalue weighted by molar-refractivity contribution is 9.10. The maximum atomic E-state index is 4.50. The van der Waals surface area contributed by atoms with Crippen molar-refractivity contribution in [2.75, 3.05) is 6.54 Å². The van der Waals surface area contributed by atoms with E-state index in [1.54, 1.807) is 0 Å². The Balaban J connectivity index is 2.45. The molecule has 0 fully saturated rings. The molecule has 116 valence electrons. The molecule has 0 radical (unpaired) electrons. The minimum Gasteiger partial charge on any atom is -0.305 e. The molecule has 0 amide bonds. The fourth-order valence-corrected chi connectivity index (χ4v) is 3.02. The second-order valence-corrected chi connectivity index (χ2v) is 6.15. The third kappa shape index (κ3) is 3.37. The van der Waals surface area contributed by atoms with Gasteiger partial charge in [0.25, 0.3) is 0 Å². The Kier molecular flexibility index (Phi) is 5.58. The van der Waals surface area contributed by atoms with Crippen LogP contribution < -0.4 is 5.32 Å². The van der Waals surface area contributed by atoms with Crippen LogP contribution >= 0.6 is 15.9 Å². The van der Waals surface area contributed by atoms with Crippen molar-refractivity contribution >= 4 is 15.9 Å². The van der Waals surface area contributed by atoms with Crippen molar-refractivity contribution in [1.82, 2.24) is 24.9 Å². The van der Waals surface area contributed by atoms with Crippen LogP contribution in [0, 0.1) is 6.92 Å². The van der Waals surface area contributed by atoms with Crippen LogP contribution in [0.1, 0.15) is 49.7 Å². The monoisotopic (exact) mass is 353 g/mol. The summed E-state index contributed by atoms with van der Waals surface area (Å²) in [6, 6.07) is 0.113. The zero-order valence-electron chi connectivity index (χ0n) is 13.2. The molecule has 1 atom stereocenters. The molecule has 0 saturated carbocycles. The molecule has 0 aliphatic carbocycles. The summed E-state index contributed by atoms with van der Waals surface area (Å²) >= 11 is 3.66. The number of nitrogens with zero attached hydrogens (tertiary/aromatic N) is 4. The normalized spacial score (nSPS) is 12.8. The van der Waals surface area contributed by atoms with Crippen molar-refractivity contribution in [2.24, 2.45) is 7.05 Å². The lowest BCUT2D eigenvalue weighted by Crippen LogP contribution is -2.26. The van der Waals surface area contributed by atoms with Gasteiger partial charge in [-0.2, -0.15) is 10.2 Å². The van der Waals surface area contributed by atoms with E-state index in [9.17, 15) is 0 Å². The molecule has 2 heterocycles. The van der Waals surface area contributed by atoms with Crippen LogP contribution in [0.2, 0.25) is 0 Å². The first-order valence-corrected chi connectivity index (χ1v) is 8.32. The third-order valence-electron chi connectivity index (χ3n) is 3.72. The predicted octanol–water partition coefficient (Wildman–Crippen LogP) is 3.19. The molecule has 0 aliphatic rings. The summed E-state index contributed by atoms with van der Waals surface area (Å²) in [6.45, 7) is 8.34. The van der Waals surface area contributed by atoms with Gasteiger partial charge in [-0.05, 0) is 42.2 Å². The molecule has 5 nitrogen and oxygen atoms in total. The predicted molar refractivity (Wildman–Crippen MR) is 88.3 cm³/mol. The van der Waals surface area contributed by atoms with Gasteiger partial charge >= 0.3 is 0 Å². The van der Waals surface area contributed by atoms with Gasteiger partial charge in [-0.1, -0.05) is 13.8 Å². The number of hydrogen-bond donors (Lipinski definition) is 1. The van der Waals surface area contributed by atoms with Crippen LogP contribution in [0.5, 0.6) is 0 Å². The topological polar surface area (TPSA) is 47.7 Å². The summed E-state index contributed by atoms with van der Waals surface area (Å²) in [6.07, 6.45) is 6.00. The van der Waals surface area contributed by atoms with E-state index in [1.807, 2.05) is 24.1 Å². The average Bonchev–Trinajstić information content (AvgIpc) is 2.98. The first-order chi connectivity index (χ1) is 10.1. The minimum atomic E-state index is 0.113. The van der Waals surface area contributed by atoms with Crippen molar-refractivity contribution in [3.8, 4) is 0 Å². The van der Waals surface area contributed by atoms with E-state index in [4.69, 9.17) is 0 Å². The van der Waals surface area contributed by atoms with Gasteiger partial charge in [0.15, 0.2) is 0 Å². The van der Waals surface area contributed by atoms with Gasteiger partial charge in [-0.3, -0.25) is 9.36 Å². The molecule has 0 aliphatic heterocycles. The number of nitrogens with one attached hydrogen (secondary N) is 1. The van der Waals surface area contributed by atoms with Crippen LogP contribution in [0.15, 0.2) is 16.9 Å². The summed E-state index contributed by atoms with van der Waals surface area (Å²) < 4.78 is 5.06. The highest BCUT2D eigenvalue weighted by atomic mass is 79.9. The smallest absolute Gasteiger partial charge is 0.0793 e. The van der Waals surface area contributed by atoms with Crippen LogP contribution in [0.25, 0.3) is 0 Å². The highest BCUT2D eigenvalue weighted by Gasteiger charge is 2.24. The zero-order chi connectivity index (χ0) is 15.4. The molecular weight excluding hydrogens is 330 g/mol. The second-order valence-electron chi connectivity index (χ2n) is 5.30. The van der Waals surface area contributed by atoms with Crippen LogP contribution in [-0.4, -0.2) is 26.1 Å². The molecule has 21 heavy (non-hydrogen) atoms. The van der Waals surface area contributed by atoms with Gasteiger partial charge < -0.3 is 5.32 Å². The second kappa shape index (κ2) is 7.22. The zero-order valence-corrected chi connectivity index (χ0v) is 14.8. The van der Waals surface area contributed by atoms with Crippen molar-refractivity contribution in [3.05, 3.63) is 33.8 Å². The molecule has 0 spiro atoms. The lowest BCUT2D eigenvalue weighted by Gasteiger charge is -2.20. The number of rotatable bonds is 7. The van der Waals surface area contributed by atoms with E-state index in [-0.39, 0.29) is 6.04 Å². The number of aromatic nitrogens is 4. The minimum absolute atomic E-state index is 0.113. The van der Waals surface area contributed by atoms with Crippen LogP contribution in [-0.2, 0) is 13.6 Å². The van der Waals surface area contributed by atoms with Crippen LogP contribution in [0.3, 0.4) is 0 Å². The Hall–Kier alpha value is -1.14. The first kappa shape index (κ1) is 16.2.